The van der Waals surface area contributed by atoms with Gasteiger partial charge in [-0.1, -0.05) is 25.5 Å². The smallest absolute Gasteiger partial charge is 0.305 e. The topological polar surface area (TPSA) is 46.5 Å². The van der Waals surface area contributed by atoms with E-state index < -0.39 is 0 Å². The van der Waals surface area contributed by atoms with Crippen molar-refractivity contribution >= 4 is 5.97 Å². The molecule has 0 radical (unpaired) electrons. The van der Waals surface area contributed by atoms with Gasteiger partial charge in [0.05, 0.1) is 13.2 Å². The van der Waals surface area contributed by atoms with E-state index in [1.807, 2.05) is 0 Å². The van der Waals surface area contributed by atoms with Gasteiger partial charge in [0.15, 0.2) is 0 Å². The Balaban J connectivity index is 1.48. The molecule has 7 unspecified atom stereocenters. The number of esters is 1. The van der Waals surface area contributed by atoms with Crippen LogP contribution in [0, 0.1) is 34.5 Å². The van der Waals surface area contributed by atoms with Crippen LogP contribution in [0.25, 0.3) is 0 Å². The third kappa shape index (κ3) is 3.18. The Morgan fingerprint density at radius 2 is 2.00 bits per heavy atom. The minimum absolute atomic E-state index is 0.0595. The van der Waals surface area contributed by atoms with Gasteiger partial charge in [-0.05, 0) is 98.7 Å². The summed E-state index contributed by atoms with van der Waals surface area (Å²) in [5.74, 6) is 3.21. The molecule has 0 aromatic heterocycles. The van der Waals surface area contributed by atoms with E-state index in [9.17, 15) is 9.90 Å². The fourth-order valence-corrected chi connectivity index (χ4v) is 7.82. The molecule has 0 amide bonds. The van der Waals surface area contributed by atoms with Gasteiger partial charge in [-0.15, -0.1) is 0 Å². The Labute approximate surface area is 164 Å². The number of methoxy groups -OCH3 is 1. The van der Waals surface area contributed by atoms with Crippen LogP contribution in [-0.4, -0.2) is 24.3 Å². The van der Waals surface area contributed by atoms with Crippen LogP contribution in [-0.2, 0) is 9.53 Å². The van der Waals surface area contributed by atoms with Crippen molar-refractivity contribution in [3.63, 3.8) is 0 Å². The summed E-state index contributed by atoms with van der Waals surface area (Å²) in [6.07, 6.45) is 14.9. The number of hydrogen-bond acceptors (Lipinski definition) is 3. The second-order valence-electron chi connectivity index (χ2n) is 10.4. The van der Waals surface area contributed by atoms with Crippen LogP contribution in [0.2, 0.25) is 0 Å². The normalized spacial score (nSPS) is 46.1. The summed E-state index contributed by atoms with van der Waals surface area (Å²) in [5.41, 5.74) is 2.37. The number of aliphatic hydroxyl groups is 1. The number of allylic oxidation sites excluding steroid dienone is 1. The van der Waals surface area contributed by atoms with Crippen molar-refractivity contribution in [3.8, 4) is 0 Å². The molecule has 4 aliphatic carbocycles. The van der Waals surface area contributed by atoms with Crippen LogP contribution in [0.3, 0.4) is 0 Å². The summed E-state index contributed by atoms with van der Waals surface area (Å²) in [7, 11) is 1.49. The van der Waals surface area contributed by atoms with Gasteiger partial charge in [-0.25, -0.2) is 0 Å². The van der Waals surface area contributed by atoms with E-state index in [1.165, 1.54) is 52.1 Å². The summed E-state index contributed by atoms with van der Waals surface area (Å²) in [6.45, 7) is 5.07. The maximum absolute atomic E-state index is 11.5. The minimum Gasteiger partial charge on any atom is -0.469 e. The van der Waals surface area contributed by atoms with E-state index in [-0.39, 0.29) is 12.1 Å². The van der Waals surface area contributed by atoms with Crippen molar-refractivity contribution in [2.45, 2.75) is 90.6 Å². The molecule has 152 valence electrons. The predicted molar refractivity (Wildman–Crippen MR) is 107 cm³/mol. The molecule has 0 heterocycles. The lowest BCUT2D eigenvalue weighted by molar-refractivity contribution is -0.140. The highest BCUT2D eigenvalue weighted by atomic mass is 16.5. The Kier molecular flexibility index (Phi) is 5.20. The first-order valence-corrected chi connectivity index (χ1v) is 11.3. The summed E-state index contributed by atoms with van der Waals surface area (Å²) >= 11 is 0. The van der Waals surface area contributed by atoms with Crippen LogP contribution < -0.4 is 0 Å². The van der Waals surface area contributed by atoms with Gasteiger partial charge in [0, 0.05) is 6.42 Å². The molecule has 4 aliphatic rings. The molecule has 3 saturated carbocycles. The van der Waals surface area contributed by atoms with E-state index in [0.29, 0.717) is 17.3 Å². The molecular formula is C24H38O3. The molecule has 27 heavy (non-hydrogen) atoms. The molecule has 3 heteroatoms. The predicted octanol–water partition coefficient (Wildman–Crippen LogP) is 5.27. The maximum atomic E-state index is 11.5. The van der Waals surface area contributed by atoms with Crippen molar-refractivity contribution in [2.75, 3.05) is 7.11 Å². The van der Waals surface area contributed by atoms with Crippen LogP contribution in [0.15, 0.2) is 11.6 Å². The molecule has 4 rings (SSSR count). The molecule has 0 spiro atoms. The van der Waals surface area contributed by atoms with E-state index in [2.05, 4.69) is 19.9 Å². The summed E-state index contributed by atoms with van der Waals surface area (Å²) < 4.78 is 4.82. The Hall–Kier alpha value is -0.830. The lowest BCUT2D eigenvalue weighted by Crippen LogP contribution is -2.50. The first-order chi connectivity index (χ1) is 12.9. The van der Waals surface area contributed by atoms with Gasteiger partial charge in [-0.2, -0.15) is 0 Å². The van der Waals surface area contributed by atoms with Crippen LogP contribution in [0.5, 0.6) is 0 Å². The van der Waals surface area contributed by atoms with Crippen molar-refractivity contribution in [2.24, 2.45) is 34.5 Å². The standard InChI is InChI=1S/C24H38O3/c1-23-14-12-21-19(9-7-17-15-18(25)11-13-24(17,21)2)20(23)10-8-16(23)5-4-6-22(26)27-3/h7,16,18-21,25H,4-6,8-15H2,1-3H3. The SMILES string of the molecule is COC(=O)CCCC1CCC2C3CC=C4CC(O)CCC4(C)C3CCC12C. The average molecular weight is 375 g/mol. The van der Waals surface area contributed by atoms with Crippen molar-refractivity contribution in [3.05, 3.63) is 11.6 Å². The molecule has 1 N–H and O–H groups in total. The van der Waals surface area contributed by atoms with Crippen LogP contribution in [0.4, 0.5) is 0 Å². The highest BCUT2D eigenvalue weighted by Crippen LogP contribution is 2.66. The molecular weight excluding hydrogens is 336 g/mol. The first-order valence-electron chi connectivity index (χ1n) is 11.3. The third-order valence-electron chi connectivity index (χ3n) is 9.44. The first kappa shape index (κ1) is 19.5. The second kappa shape index (κ2) is 7.21. The molecule has 0 aromatic carbocycles. The van der Waals surface area contributed by atoms with Crippen LogP contribution >= 0.6 is 0 Å². The van der Waals surface area contributed by atoms with Gasteiger partial charge in [-0.3, -0.25) is 4.79 Å². The quantitative estimate of drug-likeness (QED) is 0.538. The lowest BCUT2D eigenvalue weighted by Gasteiger charge is -2.58. The zero-order valence-corrected chi connectivity index (χ0v) is 17.5. The lowest BCUT2D eigenvalue weighted by atomic mass is 9.47. The number of hydrogen-bond donors (Lipinski definition) is 1. The Bertz CT molecular complexity index is 611. The van der Waals surface area contributed by atoms with Crippen molar-refractivity contribution in [1.82, 2.24) is 0 Å². The van der Waals surface area contributed by atoms with E-state index >= 15 is 0 Å². The average Bonchev–Trinajstić information content (AvgIpc) is 2.99. The number of carbonyl (C=O) groups is 1. The molecule has 3 nitrogen and oxygen atoms in total. The number of fused-ring (bicyclic) bond motifs is 5. The molecule has 0 aromatic rings. The van der Waals surface area contributed by atoms with Crippen molar-refractivity contribution in [1.29, 1.82) is 0 Å². The summed E-state index contributed by atoms with van der Waals surface area (Å²) in [5, 5.41) is 10.2. The molecule has 0 aliphatic heterocycles. The highest BCUT2D eigenvalue weighted by Gasteiger charge is 2.58. The number of carbonyl (C=O) groups excluding carboxylic acids is 1. The second-order valence-corrected chi connectivity index (χ2v) is 10.4. The molecule has 0 bridgehead atoms. The fourth-order valence-electron chi connectivity index (χ4n) is 7.82. The fraction of sp³-hybridized carbons (Fsp3) is 0.875. The van der Waals surface area contributed by atoms with E-state index in [4.69, 9.17) is 4.74 Å². The maximum Gasteiger partial charge on any atom is 0.305 e. The Morgan fingerprint density at radius 3 is 2.78 bits per heavy atom. The minimum atomic E-state index is -0.111. The largest absolute Gasteiger partial charge is 0.469 e. The van der Waals surface area contributed by atoms with Gasteiger partial charge >= 0.3 is 5.97 Å². The van der Waals surface area contributed by atoms with Gasteiger partial charge in [0.1, 0.15) is 0 Å². The van der Waals surface area contributed by atoms with Crippen LogP contribution in [0.1, 0.15) is 84.5 Å². The van der Waals surface area contributed by atoms with E-state index in [0.717, 1.165) is 42.9 Å². The summed E-state index contributed by atoms with van der Waals surface area (Å²) in [6, 6.07) is 0. The van der Waals surface area contributed by atoms with Gasteiger partial charge in [0.2, 0.25) is 0 Å². The highest BCUT2D eigenvalue weighted by molar-refractivity contribution is 5.68. The molecule has 3 fully saturated rings. The number of rotatable bonds is 4. The number of aliphatic hydroxyl groups excluding tert-OH is 1. The number of ether oxygens (including phenoxy) is 1. The van der Waals surface area contributed by atoms with Gasteiger partial charge < -0.3 is 9.84 Å². The van der Waals surface area contributed by atoms with E-state index in [1.54, 1.807) is 5.57 Å². The third-order valence-corrected chi connectivity index (χ3v) is 9.44. The zero-order valence-electron chi connectivity index (χ0n) is 17.5. The zero-order chi connectivity index (χ0) is 19.2. The molecule has 7 atom stereocenters. The Morgan fingerprint density at radius 1 is 1.19 bits per heavy atom. The van der Waals surface area contributed by atoms with Crippen molar-refractivity contribution < 1.29 is 14.6 Å². The summed E-state index contributed by atoms with van der Waals surface area (Å²) in [4.78, 5) is 11.5. The monoisotopic (exact) mass is 374 g/mol. The molecule has 0 saturated heterocycles. The van der Waals surface area contributed by atoms with Gasteiger partial charge in [0.25, 0.3) is 0 Å².